The third kappa shape index (κ3) is 5.44. The molecule has 0 saturated carbocycles. The van der Waals surface area contributed by atoms with Crippen molar-refractivity contribution in [1.29, 1.82) is 0 Å². The molecule has 1 heterocycles. The van der Waals surface area contributed by atoms with Gasteiger partial charge in [-0.2, -0.15) is 17.2 Å². The van der Waals surface area contributed by atoms with E-state index in [2.05, 4.69) is 4.18 Å². The largest absolute Gasteiger partial charge is 0.390 e. The topological polar surface area (TPSA) is 132 Å². The van der Waals surface area contributed by atoms with E-state index < -0.39 is 66.9 Å². The predicted molar refractivity (Wildman–Crippen MR) is 118 cm³/mol. The molecule has 0 radical (unpaired) electrons. The molecule has 0 spiro atoms. The highest BCUT2D eigenvalue weighted by molar-refractivity contribution is 7.86. The Kier molecular flexibility index (Phi) is 7.76. The molecule has 192 valence electrons. The summed E-state index contributed by atoms with van der Waals surface area (Å²) in [6.07, 6.45) is -4.17. The fourth-order valence-corrected chi connectivity index (χ4v) is 5.43. The van der Waals surface area contributed by atoms with E-state index in [0.717, 1.165) is 0 Å². The molecule has 3 N–H and O–H groups in total. The summed E-state index contributed by atoms with van der Waals surface area (Å²) < 4.78 is 74.4. The van der Waals surface area contributed by atoms with Crippen molar-refractivity contribution < 1.29 is 50.3 Å². The molecule has 32 heavy (non-hydrogen) atoms. The highest BCUT2D eigenvalue weighted by Gasteiger charge is 2.83. The van der Waals surface area contributed by atoms with Gasteiger partial charge in [0.25, 0.3) is 15.9 Å². The first-order chi connectivity index (χ1) is 13.6. The van der Waals surface area contributed by atoms with Gasteiger partial charge in [-0.3, -0.25) is 0 Å². The molecule has 0 bridgehead atoms. The second-order valence-corrected chi connectivity index (χ2v) is 22.4. The van der Waals surface area contributed by atoms with Crippen molar-refractivity contribution in [2.75, 3.05) is 6.26 Å². The normalized spacial score (nSPS) is 31.1. The third-order valence-corrected chi connectivity index (χ3v) is 15.9. The minimum absolute atomic E-state index is 0.425. The summed E-state index contributed by atoms with van der Waals surface area (Å²) in [5.74, 6) is -12.6. The molecule has 1 aliphatic heterocycles. The van der Waals surface area contributed by atoms with E-state index in [0.29, 0.717) is 6.26 Å². The zero-order valence-electron chi connectivity index (χ0n) is 20.6. The summed E-state index contributed by atoms with van der Waals surface area (Å²) in [4.78, 5) is 0. The lowest BCUT2D eigenvalue weighted by Gasteiger charge is -2.46. The minimum Gasteiger partial charge on any atom is -0.390 e. The Bertz CT molecular complexity index is 808. The number of hydrogen-bond acceptors (Lipinski definition) is 9. The molecule has 1 aliphatic rings. The van der Waals surface area contributed by atoms with Gasteiger partial charge in [0.15, 0.2) is 29.0 Å². The number of halogens is 2. The van der Waals surface area contributed by atoms with Crippen LogP contribution in [-0.4, -0.2) is 76.7 Å². The van der Waals surface area contributed by atoms with E-state index in [-0.39, 0.29) is 0 Å². The zero-order valence-corrected chi connectivity index (χ0v) is 23.4. The number of rotatable bonds is 7. The molecule has 1 saturated heterocycles. The van der Waals surface area contributed by atoms with E-state index in [1.54, 1.807) is 47.0 Å². The Balaban J connectivity index is 3.63. The van der Waals surface area contributed by atoms with E-state index in [4.69, 9.17) is 13.6 Å². The molecular weight excluding hydrogens is 486 g/mol. The highest BCUT2D eigenvalue weighted by atomic mass is 32.2. The molecular formula is C18H38F2O9SSi2. The van der Waals surface area contributed by atoms with Gasteiger partial charge in [-0.05, 0) is 36.3 Å². The van der Waals surface area contributed by atoms with Crippen LogP contribution in [0, 0.1) is 0 Å². The summed E-state index contributed by atoms with van der Waals surface area (Å²) >= 11 is 0. The van der Waals surface area contributed by atoms with Crippen molar-refractivity contribution in [2.45, 2.75) is 108 Å². The van der Waals surface area contributed by atoms with Gasteiger partial charge >= 0.3 is 11.9 Å². The van der Waals surface area contributed by atoms with Gasteiger partial charge in [0, 0.05) is 0 Å². The van der Waals surface area contributed by atoms with E-state index in [9.17, 15) is 23.7 Å². The minimum atomic E-state index is -4.83. The first-order valence-electron chi connectivity index (χ1n) is 10.1. The number of ether oxygens (including phenoxy) is 1. The second-order valence-electron chi connectivity index (χ2n) is 11.3. The lowest BCUT2D eigenvalue weighted by Crippen LogP contribution is -2.66. The maximum absolute atomic E-state index is 15.5. The molecule has 1 fully saturated rings. The fraction of sp³-hybridized carbons (Fsp3) is 1.00. The Morgan fingerprint density at radius 3 is 1.72 bits per heavy atom. The Labute approximate surface area is 191 Å². The van der Waals surface area contributed by atoms with Crippen LogP contribution in [0.5, 0.6) is 0 Å². The van der Waals surface area contributed by atoms with Gasteiger partial charge in [-0.25, -0.2) is 4.18 Å². The molecule has 0 aromatic rings. The molecule has 0 aromatic heterocycles. The second kappa shape index (κ2) is 8.27. The van der Waals surface area contributed by atoms with Crippen molar-refractivity contribution in [3.8, 4) is 0 Å². The molecule has 4 atom stereocenters. The van der Waals surface area contributed by atoms with Crippen molar-refractivity contribution in [3.05, 3.63) is 0 Å². The predicted octanol–water partition coefficient (Wildman–Crippen LogP) is 2.69. The summed E-state index contributed by atoms with van der Waals surface area (Å²) in [7, 11) is -10.7. The summed E-state index contributed by atoms with van der Waals surface area (Å²) in [6.45, 7) is 17.2. The lowest BCUT2D eigenvalue weighted by molar-refractivity contribution is -0.397. The Hall–Kier alpha value is -0.0362. The van der Waals surface area contributed by atoms with Crippen LogP contribution >= 0.6 is 0 Å². The van der Waals surface area contributed by atoms with Gasteiger partial charge < -0.3 is 28.9 Å². The van der Waals surface area contributed by atoms with Gasteiger partial charge in [0.1, 0.15) is 0 Å². The monoisotopic (exact) mass is 524 g/mol. The van der Waals surface area contributed by atoms with E-state index in [1.807, 2.05) is 20.8 Å². The van der Waals surface area contributed by atoms with Crippen LogP contribution in [0.2, 0.25) is 36.3 Å². The summed E-state index contributed by atoms with van der Waals surface area (Å²) in [5, 5.41) is 31.2. The summed E-state index contributed by atoms with van der Waals surface area (Å²) in [6, 6.07) is 0. The van der Waals surface area contributed by atoms with Crippen LogP contribution in [0.4, 0.5) is 8.78 Å². The van der Waals surface area contributed by atoms with Gasteiger partial charge in [0.05, 0.1) is 6.26 Å². The van der Waals surface area contributed by atoms with Crippen LogP contribution in [0.15, 0.2) is 0 Å². The first kappa shape index (κ1) is 30.0. The maximum atomic E-state index is 15.5. The molecule has 9 nitrogen and oxygen atoms in total. The number of aliphatic hydroxyl groups is 3. The molecule has 2 unspecified atom stereocenters. The van der Waals surface area contributed by atoms with Crippen LogP contribution in [-0.2, 0) is 27.9 Å². The van der Waals surface area contributed by atoms with E-state index in [1.165, 1.54) is 0 Å². The highest BCUT2D eigenvalue weighted by Crippen LogP contribution is 2.55. The van der Waals surface area contributed by atoms with Gasteiger partial charge in [-0.15, -0.1) is 0 Å². The van der Waals surface area contributed by atoms with Gasteiger partial charge in [-0.1, -0.05) is 41.5 Å². The standard InChI is InChI=1S/C18H38F2O9SSi2/c1-14(2,3)31(8,9)27-13(21)12-16(22,29-32(10,11)15(4,5)6)17(19,20)18(23,26-12)28-30(7,24)25/h12-13,21-23H,1-11H3/t12-,13?,16+,18?/m1/s1. The van der Waals surface area contributed by atoms with Crippen LogP contribution in [0.25, 0.3) is 0 Å². The average Bonchev–Trinajstić information content (AvgIpc) is 2.60. The summed E-state index contributed by atoms with van der Waals surface area (Å²) in [5.41, 5.74) is 0. The van der Waals surface area contributed by atoms with Crippen molar-refractivity contribution in [1.82, 2.24) is 0 Å². The third-order valence-electron chi connectivity index (χ3n) is 6.48. The Morgan fingerprint density at radius 2 is 1.38 bits per heavy atom. The molecule has 0 aliphatic carbocycles. The van der Waals surface area contributed by atoms with Crippen LogP contribution in [0.1, 0.15) is 41.5 Å². The fourth-order valence-electron chi connectivity index (χ4n) is 2.46. The number of aliphatic hydroxyl groups excluding tert-OH is 1. The number of hydrogen-bond donors (Lipinski definition) is 3. The van der Waals surface area contributed by atoms with E-state index >= 15 is 8.78 Å². The van der Waals surface area contributed by atoms with Gasteiger partial charge in [0.2, 0.25) is 0 Å². The molecule has 0 amide bonds. The average molecular weight is 525 g/mol. The van der Waals surface area contributed by atoms with Crippen molar-refractivity contribution in [3.63, 3.8) is 0 Å². The molecule has 0 aromatic carbocycles. The van der Waals surface area contributed by atoms with Crippen LogP contribution < -0.4 is 0 Å². The van der Waals surface area contributed by atoms with Crippen molar-refractivity contribution >= 4 is 26.8 Å². The van der Waals surface area contributed by atoms with Crippen LogP contribution in [0.3, 0.4) is 0 Å². The molecule has 1 rings (SSSR count). The zero-order chi connectivity index (χ0) is 26.0. The maximum Gasteiger partial charge on any atom is 0.382 e. The first-order valence-corrected chi connectivity index (χ1v) is 17.7. The molecule has 14 heteroatoms. The quantitative estimate of drug-likeness (QED) is 0.261. The smallest absolute Gasteiger partial charge is 0.382 e. The SMILES string of the molecule is CC(C)(C)[Si](C)(C)OC(O)[C@H]1OC(O)(OS(C)(=O)=O)C(F)(F)[C@@]1(O)O[Si](C)(C)C(C)(C)C. The number of alkyl halides is 2. The van der Waals surface area contributed by atoms with Crippen molar-refractivity contribution in [2.24, 2.45) is 0 Å². The Morgan fingerprint density at radius 1 is 0.969 bits per heavy atom. The lowest BCUT2D eigenvalue weighted by atomic mass is 10.0.